The number of likely N-dealkylation sites (N-methyl/N-ethyl adjacent to an activating group) is 1. The van der Waals surface area contributed by atoms with Crippen LogP contribution in [0.15, 0.2) is 102 Å². The third kappa shape index (κ3) is 12.0. The molecule has 4 bridgehead atoms. The zero-order valence-corrected chi connectivity index (χ0v) is 48.4. The fourth-order valence-electron chi connectivity index (χ4n) is 14.3. The smallest absolute Gasteiger partial charge is 0.409 e. The van der Waals surface area contributed by atoms with E-state index in [1.165, 1.54) is 34.4 Å². The number of aliphatic carboxylic acids is 1. The highest BCUT2D eigenvalue weighted by molar-refractivity contribution is 7.22. The molecule has 3 amide bonds. The first-order chi connectivity index (χ1) is 40.6. The Morgan fingerprint density at radius 3 is 2.41 bits per heavy atom. The van der Waals surface area contributed by atoms with Crippen LogP contribution >= 0.6 is 11.3 Å². The van der Waals surface area contributed by atoms with E-state index in [1.54, 1.807) is 24.2 Å². The van der Waals surface area contributed by atoms with Gasteiger partial charge in [0.1, 0.15) is 24.7 Å². The van der Waals surface area contributed by atoms with Crippen molar-refractivity contribution in [3.63, 3.8) is 0 Å². The van der Waals surface area contributed by atoms with Gasteiger partial charge in [-0.15, -0.1) is 0 Å². The molecule has 448 valence electrons. The van der Waals surface area contributed by atoms with Crippen LogP contribution in [0.3, 0.4) is 0 Å². The number of pyridine rings is 1. The predicted octanol–water partition coefficient (Wildman–Crippen LogP) is 9.89. The van der Waals surface area contributed by atoms with Crippen LogP contribution in [-0.2, 0) is 43.3 Å². The Bertz CT molecular complexity index is 3620. The van der Waals surface area contributed by atoms with Gasteiger partial charge in [0.05, 0.1) is 47.5 Å². The van der Waals surface area contributed by atoms with Crippen LogP contribution < -0.4 is 25.4 Å². The van der Waals surface area contributed by atoms with Crippen molar-refractivity contribution in [1.29, 1.82) is 0 Å². The van der Waals surface area contributed by atoms with Gasteiger partial charge in [0, 0.05) is 72.9 Å². The van der Waals surface area contributed by atoms with E-state index in [4.69, 9.17) is 44.2 Å². The summed E-state index contributed by atoms with van der Waals surface area (Å²) in [6.07, 6.45) is 6.42. The number of aromatic nitrogens is 4. The van der Waals surface area contributed by atoms with Gasteiger partial charge in [-0.1, -0.05) is 49.4 Å². The Hall–Kier alpha value is -8.45. The lowest BCUT2D eigenvalue weighted by molar-refractivity contribution is -0.248. The molecule has 6 aliphatic rings. The number of amides is 3. The molecule has 8 N–H and O–H groups in total. The molecule has 85 heavy (non-hydrogen) atoms. The highest BCUT2D eigenvalue weighted by atomic mass is 32.1. The van der Waals surface area contributed by atoms with Crippen molar-refractivity contribution in [2.75, 3.05) is 63.3 Å². The monoisotopic (exact) mass is 1180 g/mol. The topological polar surface area (TPSA) is 313 Å². The van der Waals surface area contributed by atoms with E-state index in [0.29, 0.717) is 59.3 Å². The number of hydrogen-bond donors (Lipinski definition) is 7. The van der Waals surface area contributed by atoms with Crippen molar-refractivity contribution in [3.8, 4) is 33.9 Å². The maximum absolute atomic E-state index is 13.8. The zero-order chi connectivity index (χ0) is 60.0. The second-order valence-electron chi connectivity index (χ2n) is 23.7. The summed E-state index contributed by atoms with van der Waals surface area (Å²) in [6.45, 7) is 8.89. The summed E-state index contributed by atoms with van der Waals surface area (Å²) in [7, 11) is 1.63. The van der Waals surface area contributed by atoms with E-state index in [1.807, 2.05) is 60.1 Å². The first-order valence-corrected chi connectivity index (χ1v) is 29.0. The van der Waals surface area contributed by atoms with Crippen molar-refractivity contribution >= 4 is 56.4 Å². The van der Waals surface area contributed by atoms with Gasteiger partial charge in [0.2, 0.25) is 17.3 Å². The number of rotatable bonds is 21. The Morgan fingerprint density at radius 1 is 0.871 bits per heavy atom. The molecule has 3 unspecified atom stereocenters. The number of nitrogens with two attached hydrogens (primary N) is 1. The lowest BCUT2D eigenvalue weighted by atomic mass is 9.39. The van der Waals surface area contributed by atoms with Crippen LogP contribution in [0.2, 0.25) is 0 Å². The molecule has 4 saturated carbocycles. The Morgan fingerprint density at radius 2 is 1.66 bits per heavy atom. The quantitative estimate of drug-likeness (QED) is 0.0330. The molecule has 24 heteroatoms. The van der Waals surface area contributed by atoms with E-state index in [2.05, 4.69) is 24.1 Å². The van der Waals surface area contributed by atoms with Crippen LogP contribution in [-0.4, -0.2) is 139 Å². The zero-order valence-electron chi connectivity index (χ0n) is 47.6. The molecule has 3 aromatic carbocycles. The van der Waals surface area contributed by atoms with Gasteiger partial charge in [-0.2, -0.15) is 5.10 Å². The number of aromatic carboxylic acids is 1. The maximum Gasteiger partial charge on any atom is 0.409 e. The van der Waals surface area contributed by atoms with Gasteiger partial charge in [-0.05, 0) is 123 Å². The number of nitrogens with one attached hydrogen (secondary N) is 1. The number of carbonyl (C=O) groups excluding carboxylic acids is 2. The van der Waals surface area contributed by atoms with E-state index in [0.717, 1.165) is 78.5 Å². The largest absolute Gasteiger partial charge is 0.503 e. The molecule has 4 fully saturated rings. The van der Waals surface area contributed by atoms with Crippen LogP contribution in [0.4, 0.5) is 20.4 Å². The number of carboxylic acid groups (broad SMARTS) is 2. The Balaban J connectivity index is 0.741. The number of urea groups is 1. The van der Waals surface area contributed by atoms with Crippen LogP contribution in [0.1, 0.15) is 86.1 Å². The average molecular weight is 1190 g/mol. The molecule has 2 aliphatic heterocycles. The van der Waals surface area contributed by atoms with Crippen molar-refractivity contribution in [2.45, 2.75) is 97.2 Å². The van der Waals surface area contributed by atoms with Gasteiger partial charge >= 0.3 is 30.4 Å². The van der Waals surface area contributed by atoms with Gasteiger partial charge < -0.3 is 64.6 Å². The van der Waals surface area contributed by atoms with Crippen LogP contribution in [0.5, 0.6) is 11.5 Å². The number of carbonyl (C=O) groups is 4. The third-order valence-electron chi connectivity index (χ3n) is 16.7. The first kappa shape index (κ1) is 58.3. The fraction of sp³-hybridized carbons (Fsp3) is 0.426. The van der Waals surface area contributed by atoms with E-state index in [-0.39, 0.29) is 72.4 Å². The second kappa shape index (κ2) is 23.2. The maximum atomic E-state index is 13.8. The second-order valence-corrected chi connectivity index (χ2v) is 24.7. The Kier molecular flexibility index (Phi) is 15.9. The summed E-state index contributed by atoms with van der Waals surface area (Å²) in [6, 6.07) is 21.2. The Labute approximate surface area is 493 Å². The standard InChI is InChI=1S/C61H68N8O15S/c1-35-41(40-15-16-42(64-47(40)52(73)74)37-12-11-36-8-7-18-68(44(36)24-37)56(77)66-55-65-43-9-5-6-10-46(43)85-55)26-63-69(35)34-60-29-58(2)28-59(3,30-60)32-61(31-58,33-60)82-21-19-67(4)57(78)81-27-38-13-14-39(25-45(38)80-23-22-79-20-17-62)83-54-50(72)48(70)49(71)51(84-54)53(75)76/h5-6,9-16,24-26,54,70-72H,7-8,17-23,27-34,62H2,1-4H3,(H,73,74)(H,75,76)(H,65,66,77)/t54-,58-,59?,60?,61?/m0/s1. The lowest BCUT2D eigenvalue weighted by Gasteiger charge is -2.69. The number of ether oxygens (including phenoxy) is 6. The summed E-state index contributed by atoms with van der Waals surface area (Å²) in [5.41, 5.74) is 10.9. The summed E-state index contributed by atoms with van der Waals surface area (Å²) < 4.78 is 37.9. The first-order valence-electron chi connectivity index (χ1n) is 28.2. The lowest BCUT2D eigenvalue weighted by Crippen LogP contribution is -2.64. The van der Waals surface area contributed by atoms with Crippen molar-refractivity contribution in [2.24, 2.45) is 22.0 Å². The minimum Gasteiger partial charge on any atom is -0.503 e. The minimum absolute atomic E-state index is 0.00731. The van der Waals surface area contributed by atoms with Gasteiger partial charge in [-0.25, -0.2) is 29.1 Å². The van der Waals surface area contributed by atoms with Crippen LogP contribution in [0.25, 0.3) is 32.6 Å². The van der Waals surface area contributed by atoms with Crippen LogP contribution in [0, 0.1) is 23.2 Å². The minimum atomic E-state index is -1.83. The van der Waals surface area contributed by atoms with Crippen molar-refractivity contribution in [1.82, 2.24) is 24.6 Å². The average Bonchev–Trinajstić information content (AvgIpc) is 0.849. The van der Waals surface area contributed by atoms with E-state index >= 15 is 0 Å². The molecule has 3 aromatic heterocycles. The molecule has 0 spiro atoms. The molecule has 0 radical (unpaired) electrons. The molecule has 5 heterocycles. The van der Waals surface area contributed by atoms with Crippen molar-refractivity contribution in [3.05, 3.63) is 125 Å². The molecule has 12 rings (SSSR count). The SMILES string of the molecule is Cc1c(-c2ccc(-c3ccc4c(c3)N(C(=O)Nc3nc5ccccc5s3)CCC4)nc2C(=O)O)cnn1CC12CC3(C)CC(OCCN(C)C(=O)OCc4ccc(O[C@H]5OC(C(=O)O)=C(O)C(O)=C5O)cc4OCCOCCN)(C1)C[C@@](C)(C3)C2. The van der Waals surface area contributed by atoms with E-state index in [9.17, 15) is 44.7 Å². The summed E-state index contributed by atoms with van der Waals surface area (Å²) in [5, 5.41) is 59.0. The molecule has 23 nitrogen and oxygen atoms in total. The molecule has 0 saturated heterocycles. The summed E-state index contributed by atoms with van der Waals surface area (Å²) in [4.78, 5) is 64.5. The number of fused-ring (bicyclic) bond motifs is 2. The number of anilines is 2. The molecular formula is C61H68N8O15S. The molecule has 5 atom stereocenters. The van der Waals surface area contributed by atoms with E-state index < -0.39 is 53.0 Å². The number of para-hydroxylation sites is 1. The number of aliphatic hydroxyl groups is 3. The normalized spacial score (nSPS) is 23.2. The summed E-state index contributed by atoms with van der Waals surface area (Å²) in [5.74, 6) is -6.96. The number of aryl methyl sites for hydroxylation is 1. The van der Waals surface area contributed by atoms with Crippen molar-refractivity contribution < 1.29 is 73.1 Å². The fourth-order valence-corrected chi connectivity index (χ4v) is 15.1. The van der Waals surface area contributed by atoms with Gasteiger partial charge in [0.25, 0.3) is 5.76 Å². The number of nitrogens with zero attached hydrogens (tertiary/aromatic N) is 6. The number of thiazole rings is 1. The highest BCUT2D eigenvalue weighted by Crippen LogP contribution is 2.72. The third-order valence-corrected chi connectivity index (χ3v) is 17.7. The molecular weight excluding hydrogens is 1120 g/mol. The van der Waals surface area contributed by atoms with Gasteiger partial charge in [0.15, 0.2) is 10.8 Å². The predicted molar refractivity (Wildman–Crippen MR) is 312 cm³/mol. The summed E-state index contributed by atoms with van der Waals surface area (Å²) >= 11 is 1.41. The highest BCUT2D eigenvalue weighted by Gasteiger charge is 2.66. The number of aliphatic hydroxyl groups excluding tert-OH is 3. The molecule has 4 aliphatic carbocycles. The number of hydrogen-bond acceptors (Lipinski definition) is 18. The number of carboxylic acids is 2. The van der Waals surface area contributed by atoms with Gasteiger partial charge in [-0.3, -0.25) is 14.9 Å². The number of benzene rings is 3. The molecule has 6 aromatic rings.